The SMILES string of the molecule is COC(=O)CCNC(=O)Cc1ccc(OC)cc1. The second-order valence-corrected chi connectivity index (χ2v) is 3.70. The van der Waals surface area contributed by atoms with Gasteiger partial charge in [0.05, 0.1) is 27.1 Å². The summed E-state index contributed by atoms with van der Waals surface area (Å²) in [5, 5.41) is 2.65. The Hall–Kier alpha value is -2.04. The maximum atomic E-state index is 11.5. The van der Waals surface area contributed by atoms with Gasteiger partial charge in [-0.05, 0) is 17.7 Å². The summed E-state index contributed by atoms with van der Waals surface area (Å²) in [4.78, 5) is 22.4. The monoisotopic (exact) mass is 251 g/mol. The van der Waals surface area contributed by atoms with E-state index in [-0.39, 0.29) is 24.7 Å². The number of ether oxygens (including phenoxy) is 2. The minimum Gasteiger partial charge on any atom is -0.497 e. The molecule has 1 N–H and O–H groups in total. The van der Waals surface area contributed by atoms with Crippen molar-refractivity contribution in [2.75, 3.05) is 20.8 Å². The van der Waals surface area contributed by atoms with Gasteiger partial charge in [-0.3, -0.25) is 9.59 Å². The molecule has 1 rings (SSSR count). The van der Waals surface area contributed by atoms with Crippen LogP contribution in [0.15, 0.2) is 24.3 Å². The molecule has 18 heavy (non-hydrogen) atoms. The van der Waals surface area contributed by atoms with Gasteiger partial charge in [0.25, 0.3) is 0 Å². The summed E-state index contributed by atoms with van der Waals surface area (Å²) in [6.07, 6.45) is 0.468. The number of rotatable bonds is 6. The third kappa shape index (κ3) is 4.86. The van der Waals surface area contributed by atoms with Crippen LogP contribution < -0.4 is 10.1 Å². The lowest BCUT2D eigenvalue weighted by Gasteiger charge is -2.05. The highest BCUT2D eigenvalue weighted by Crippen LogP contribution is 2.11. The number of methoxy groups -OCH3 is 2. The normalized spacial score (nSPS) is 9.67. The average Bonchev–Trinajstić information content (AvgIpc) is 2.39. The summed E-state index contributed by atoms with van der Waals surface area (Å²) in [5.41, 5.74) is 0.895. The fourth-order valence-corrected chi connectivity index (χ4v) is 1.40. The zero-order valence-corrected chi connectivity index (χ0v) is 10.6. The fourth-order valence-electron chi connectivity index (χ4n) is 1.40. The van der Waals surface area contributed by atoms with Gasteiger partial charge < -0.3 is 14.8 Å². The van der Waals surface area contributed by atoms with Crippen LogP contribution in [0.1, 0.15) is 12.0 Å². The molecule has 0 fully saturated rings. The van der Waals surface area contributed by atoms with Crippen molar-refractivity contribution in [1.29, 1.82) is 0 Å². The van der Waals surface area contributed by atoms with Crippen molar-refractivity contribution in [2.24, 2.45) is 0 Å². The number of benzene rings is 1. The predicted molar refractivity (Wildman–Crippen MR) is 66.3 cm³/mol. The number of carbonyl (C=O) groups excluding carboxylic acids is 2. The molecule has 1 aromatic carbocycles. The second kappa shape index (κ2) is 7.32. The van der Waals surface area contributed by atoms with Crippen LogP contribution in [0.25, 0.3) is 0 Å². The first-order valence-corrected chi connectivity index (χ1v) is 5.62. The topological polar surface area (TPSA) is 64.6 Å². The molecule has 1 amide bonds. The van der Waals surface area contributed by atoms with Gasteiger partial charge in [-0.1, -0.05) is 12.1 Å². The Morgan fingerprint density at radius 1 is 1.17 bits per heavy atom. The van der Waals surface area contributed by atoms with E-state index in [9.17, 15) is 9.59 Å². The van der Waals surface area contributed by atoms with Gasteiger partial charge in [0.1, 0.15) is 5.75 Å². The van der Waals surface area contributed by atoms with Crippen molar-refractivity contribution in [1.82, 2.24) is 5.32 Å². The molecule has 0 spiro atoms. The number of hydrogen-bond donors (Lipinski definition) is 1. The van der Waals surface area contributed by atoms with E-state index in [2.05, 4.69) is 10.1 Å². The molecule has 5 heteroatoms. The van der Waals surface area contributed by atoms with Gasteiger partial charge in [-0.25, -0.2) is 0 Å². The smallest absolute Gasteiger partial charge is 0.307 e. The first-order chi connectivity index (χ1) is 8.65. The highest BCUT2D eigenvalue weighted by molar-refractivity contribution is 5.79. The number of esters is 1. The fraction of sp³-hybridized carbons (Fsp3) is 0.385. The minimum absolute atomic E-state index is 0.121. The van der Waals surface area contributed by atoms with Crippen LogP contribution >= 0.6 is 0 Å². The van der Waals surface area contributed by atoms with Gasteiger partial charge in [-0.2, -0.15) is 0 Å². The van der Waals surface area contributed by atoms with Gasteiger partial charge in [0.15, 0.2) is 0 Å². The van der Waals surface area contributed by atoms with Crippen molar-refractivity contribution in [3.05, 3.63) is 29.8 Å². The maximum Gasteiger partial charge on any atom is 0.307 e. The molecule has 0 bridgehead atoms. The molecule has 0 saturated carbocycles. The lowest BCUT2D eigenvalue weighted by atomic mass is 10.1. The van der Waals surface area contributed by atoms with Gasteiger partial charge in [-0.15, -0.1) is 0 Å². The Morgan fingerprint density at radius 2 is 1.83 bits per heavy atom. The number of hydrogen-bond acceptors (Lipinski definition) is 4. The van der Waals surface area contributed by atoms with Crippen LogP contribution in [0.5, 0.6) is 5.75 Å². The summed E-state index contributed by atoms with van der Waals surface area (Å²) in [6.45, 7) is 0.293. The molecule has 0 heterocycles. The average molecular weight is 251 g/mol. The Balaban J connectivity index is 2.32. The molecule has 0 unspecified atom stereocenters. The molecule has 5 nitrogen and oxygen atoms in total. The zero-order valence-electron chi connectivity index (χ0n) is 10.6. The molecule has 0 aliphatic carbocycles. The van der Waals surface area contributed by atoms with E-state index in [0.717, 1.165) is 11.3 Å². The van der Waals surface area contributed by atoms with E-state index < -0.39 is 0 Å². The Morgan fingerprint density at radius 3 is 2.39 bits per heavy atom. The highest BCUT2D eigenvalue weighted by atomic mass is 16.5. The van der Waals surface area contributed by atoms with Crippen LogP contribution in [0, 0.1) is 0 Å². The summed E-state index contributed by atoms with van der Waals surface area (Å²) in [5.74, 6) is 0.300. The molecule has 0 atom stereocenters. The number of amides is 1. The lowest BCUT2D eigenvalue weighted by Crippen LogP contribution is -2.27. The van der Waals surface area contributed by atoms with Crippen LogP contribution in [0.4, 0.5) is 0 Å². The summed E-state index contributed by atoms with van der Waals surface area (Å²) in [7, 11) is 2.91. The van der Waals surface area contributed by atoms with Crippen molar-refractivity contribution < 1.29 is 19.1 Å². The Labute approximate surface area is 106 Å². The highest BCUT2D eigenvalue weighted by Gasteiger charge is 2.05. The molecule has 0 saturated heterocycles. The summed E-state index contributed by atoms with van der Waals surface area (Å²) in [6, 6.07) is 7.27. The van der Waals surface area contributed by atoms with Crippen molar-refractivity contribution in [2.45, 2.75) is 12.8 Å². The third-order valence-corrected chi connectivity index (χ3v) is 2.40. The molecule has 0 radical (unpaired) electrons. The third-order valence-electron chi connectivity index (χ3n) is 2.40. The van der Waals surface area contributed by atoms with Crippen LogP contribution in [0.2, 0.25) is 0 Å². The zero-order chi connectivity index (χ0) is 13.4. The van der Waals surface area contributed by atoms with Crippen LogP contribution in [0.3, 0.4) is 0 Å². The molecular weight excluding hydrogens is 234 g/mol. The largest absolute Gasteiger partial charge is 0.497 e. The van der Waals surface area contributed by atoms with Crippen LogP contribution in [-0.2, 0) is 20.7 Å². The van der Waals surface area contributed by atoms with Crippen molar-refractivity contribution in [3.63, 3.8) is 0 Å². The molecule has 0 aromatic heterocycles. The maximum absolute atomic E-state index is 11.5. The van der Waals surface area contributed by atoms with E-state index in [0.29, 0.717) is 6.54 Å². The van der Waals surface area contributed by atoms with E-state index in [1.54, 1.807) is 19.2 Å². The molecule has 1 aromatic rings. The van der Waals surface area contributed by atoms with Gasteiger partial charge >= 0.3 is 5.97 Å². The lowest BCUT2D eigenvalue weighted by molar-refractivity contribution is -0.140. The Bertz CT molecular complexity index is 400. The summed E-state index contributed by atoms with van der Waals surface area (Å²) >= 11 is 0. The first-order valence-electron chi connectivity index (χ1n) is 5.62. The van der Waals surface area contributed by atoms with Crippen molar-refractivity contribution >= 4 is 11.9 Å². The van der Waals surface area contributed by atoms with Gasteiger partial charge in [0.2, 0.25) is 5.91 Å². The number of carbonyl (C=O) groups is 2. The Kier molecular flexibility index (Phi) is 5.70. The van der Waals surface area contributed by atoms with Crippen LogP contribution in [-0.4, -0.2) is 32.6 Å². The van der Waals surface area contributed by atoms with E-state index in [1.165, 1.54) is 7.11 Å². The quantitative estimate of drug-likeness (QED) is 0.763. The van der Waals surface area contributed by atoms with Gasteiger partial charge in [0, 0.05) is 6.54 Å². The van der Waals surface area contributed by atoms with E-state index >= 15 is 0 Å². The number of nitrogens with one attached hydrogen (secondary N) is 1. The minimum atomic E-state index is -0.334. The van der Waals surface area contributed by atoms with Crippen molar-refractivity contribution in [3.8, 4) is 5.75 Å². The predicted octanol–water partition coefficient (Wildman–Crippen LogP) is 0.917. The molecule has 0 aliphatic rings. The summed E-state index contributed by atoms with van der Waals surface area (Å²) < 4.78 is 9.50. The van der Waals surface area contributed by atoms with E-state index in [4.69, 9.17) is 4.74 Å². The molecular formula is C13H17NO4. The molecule has 98 valence electrons. The second-order valence-electron chi connectivity index (χ2n) is 3.70. The first kappa shape index (κ1) is 14.0. The molecule has 0 aliphatic heterocycles. The standard InChI is InChI=1S/C13H17NO4/c1-17-11-5-3-10(4-6-11)9-12(15)14-8-7-13(16)18-2/h3-6H,7-9H2,1-2H3,(H,14,15). The van der Waals surface area contributed by atoms with E-state index in [1.807, 2.05) is 12.1 Å².